The Morgan fingerprint density at radius 2 is 1.65 bits per heavy atom. The number of hydrogen-bond donors (Lipinski definition) is 6. The van der Waals surface area contributed by atoms with Crippen molar-refractivity contribution in [1.82, 2.24) is 0 Å². The monoisotopic (exact) mass is 474 g/mol. The largest absolute Gasteiger partial charge is 0.508 e. The van der Waals surface area contributed by atoms with Crippen LogP contribution < -0.4 is 5.43 Å². The van der Waals surface area contributed by atoms with E-state index < -0.39 is 60.0 Å². The van der Waals surface area contributed by atoms with Gasteiger partial charge < -0.3 is 44.5 Å². The minimum absolute atomic E-state index is 0.0195. The average Bonchev–Trinajstić information content (AvgIpc) is 2.78. The molecule has 34 heavy (non-hydrogen) atoms. The molecule has 0 aliphatic carbocycles. The summed E-state index contributed by atoms with van der Waals surface area (Å²) in [6.45, 7) is 0.674. The van der Waals surface area contributed by atoms with E-state index in [0.29, 0.717) is 5.56 Å². The molecule has 0 saturated carbocycles. The zero-order chi connectivity index (χ0) is 24.7. The molecule has 6 N–H and O–H groups in total. The zero-order valence-corrected chi connectivity index (χ0v) is 17.8. The summed E-state index contributed by atoms with van der Waals surface area (Å²) in [6.07, 6.45) is -8.02. The Morgan fingerprint density at radius 3 is 2.29 bits per heavy atom. The fourth-order valence-electron chi connectivity index (χ4n) is 3.89. The second-order valence-corrected chi connectivity index (χ2v) is 7.92. The van der Waals surface area contributed by atoms with Crippen molar-refractivity contribution in [1.29, 1.82) is 0 Å². The van der Waals surface area contributed by atoms with Crippen molar-refractivity contribution < 1.29 is 49.3 Å². The van der Waals surface area contributed by atoms with Crippen LogP contribution in [0.2, 0.25) is 0 Å². The van der Waals surface area contributed by atoms with Gasteiger partial charge in [-0.05, 0) is 24.3 Å². The molecule has 1 aliphatic heterocycles. The molecule has 0 unspecified atom stereocenters. The standard InChI is InChI=1S/C23H22O11/c1-9(24)32-8-16-19(29)20(30)21(31)23(34-16)18-13(27)6-12(26)17-14(28)7-15(33-22(17)18)10-2-4-11(25)5-3-10/h2-7,16,19-21,23,25-27,29-31H,8H2,1H3/t16-,19+,20+,21-,23+/m1/s1. The summed E-state index contributed by atoms with van der Waals surface area (Å²) in [4.78, 5) is 24.0. The fourth-order valence-corrected chi connectivity index (χ4v) is 3.89. The number of phenols is 3. The third-order valence-corrected chi connectivity index (χ3v) is 5.60. The quantitative estimate of drug-likeness (QED) is 0.292. The third-order valence-electron chi connectivity index (χ3n) is 5.60. The Morgan fingerprint density at radius 1 is 0.971 bits per heavy atom. The molecule has 4 rings (SSSR count). The van der Waals surface area contributed by atoms with Gasteiger partial charge in [0.15, 0.2) is 11.0 Å². The van der Waals surface area contributed by atoms with Gasteiger partial charge >= 0.3 is 5.97 Å². The van der Waals surface area contributed by atoms with Gasteiger partial charge in [-0.25, -0.2) is 0 Å². The molecule has 2 aromatic carbocycles. The van der Waals surface area contributed by atoms with Crippen molar-refractivity contribution in [3.05, 3.63) is 52.2 Å². The lowest BCUT2D eigenvalue weighted by atomic mass is 9.89. The maximum Gasteiger partial charge on any atom is 0.302 e. The number of carbonyl (C=O) groups is 1. The van der Waals surface area contributed by atoms with Gasteiger partial charge in [0.25, 0.3) is 0 Å². The summed E-state index contributed by atoms with van der Waals surface area (Å²) in [5, 5.41) is 61.4. The van der Waals surface area contributed by atoms with E-state index in [4.69, 9.17) is 13.9 Å². The Balaban J connectivity index is 1.89. The molecule has 0 amide bonds. The number of fused-ring (bicyclic) bond motifs is 1. The lowest BCUT2D eigenvalue weighted by molar-refractivity contribution is -0.234. The number of carbonyl (C=O) groups excluding carboxylic acids is 1. The predicted octanol–water partition coefficient (Wildman–Crippen LogP) is 0.662. The van der Waals surface area contributed by atoms with Crippen molar-refractivity contribution in [3.8, 4) is 28.6 Å². The summed E-state index contributed by atoms with van der Waals surface area (Å²) in [5.41, 5.74) is -0.881. The number of aliphatic hydroxyl groups excluding tert-OH is 3. The van der Waals surface area contributed by atoms with Crippen molar-refractivity contribution in [2.75, 3.05) is 6.61 Å². The third kappa shape index (κ3) is 4.17. The van der Waals surface area contributed by atoms with E-state index in [0.717, 1.165) is 19.1 Å². The summed E-state index contributed by atoms with van der Waals surface area (Å²) in [6, 6.07) is 7.66. The van der Waals surface area contributed by atoms with Crippen molar-refractivity contribution >= 4 is 16.9 Å². The minimum atomic E-state index is -1.79. The summed E-state index contributed by atoms with van der Waals surface area (Å²) in [7, 11) is 0. The summed E-state index contributed by atoms with van der Waals surface area (Å²) < 4.78 is 16.4. The van der Waals surface area contributed by atoms with Crippen LogP contribution >= 0.6 is 0 Å². The lowest BCUT2D eigenvalue weighted by Gasteiger charge is -2.40. The smallest absolute Gasteiger partial charge is 0.302 e. The highest BCUT2D eigenvalue weighted by Gasteiger charge is 2.46. The van der Waals surface area contributed by atoms with Crippen LogP contribution in [0, 0.1) is 0 Å². The number of esters is 1. The van der Waals surface area contributed by atoms with E-state index in [1.807, 2.05) is 0 Å². The van der Waals surface area contributed by atoms with Gasteiger partial charge in [0.1, 0.15) is 65.5 Å². The maximum absolute atomic E-state index is 12.8. The van der Waals surface area contributed by atoms with Gasteiger partial charge in [-0.2, -0.15) is 0 Å². The average molecular weight is 474 g/mol. The number of phenolic OH excluding ortho intramolecular Hbond substituents is 3. The van der Waals surface area contributed by atoms with Crippen LogP contribution in [-0.4, -0.2) is 67.6 Å². The summed E-state index contributed by atoms with van der Waals surface area (Å²) >= 11 is 0. The highest BCUT2D eigenvalue weighted by atomic mass is 16.6. The molecule has 0 radical (unpaired) electrons. The van der Waals surface area contributed by atoms with Gasteiger partial charge in [-0.3, -0.25) is 9.59 Å². The van der Waals surface area contributed by atoms with Crippen LogP contribution in [0.5, 0.6) is 17.2 Å². The number of aromatic hydroxyl groups is 3. The molecule has 180 valence electrons. The molecule has 1 fully saturated rings. The topological polar surface area (TPSA) is 187 Å². The molecule has 1 saturated heterocycles. The van der Waals surface area contributed by atoms with Gasteiger partial charge in [0.2, 0.25) is 0 Å². The second kappa shape index (κ2) is 8.95. The first-order valence-corrected chi connectivity index (χ1v) is 10.2. The van der Waals surface area contributed by atoms with Crippen LogP contribution in [0.3, 0.4) is 0 Å². The number of benzene rings is 2. The van der Waals surface area contributed by atoms with E-state index in [-0.39, 0.29) is 28.0 Å². The molecular formula is C23H22O11. The van der Waals surface area contributed by atoms with Crippen molar-refractivity contribution in [3.63, 3.8) is 0 Å². The molecular weight excluding hydrogens is 452 g/mol. The van der Waals surface area contributed by atoms with Gasteiger partial charge in [0.05, 0.1) is 5.56 Å². The molecule has 2 heterocycles. The van der Waals surface area contributed by atoms with Crippen LogP contribution in [0.4, 0.5) is 0 Å². The molecule has 0 spiro atoms. The molecule has 3 aromatic rings. The zero-order valence-electron chi connectivity index (χ0n) is 17.8. The first-order valence-electron chi connectivity index (χ1n) is 10.2. The van der Waals surface area contributed by atoms with Gasteiger partial charge in [-0.15, -0.1) is 0 Å². The number of aliphatic hydroxyl groups is 3. The van der Waals surface area contributed by atoms with E-state index in [2.05, 4.69) is 0 Å². The Labute approximate surface area is 191 Å². The number of ether oxygens (including phenoxy) is 2. The first-order chi connectivity index (χ1) is 16.1. The van der Waals surface area contributed by atoms with E-state index in [9.17, 15) is 40.2 Å². The van der Waals surface area contributed by atoms with E-state index >= 15 is 0 Å². The Kier molecular flexibility index (Phi) is 6.19. The Bertz CT molecular complexity index is 1280. The fraction of sp³-hybridized carbons (Fsp3) is 0.304. The van der Waals surface area contributed by atoms with Gasteiger partial charge in [0, 0.05) is 24.6 Å². The van der Waals surface area contributed by atoms with Crippen molar-refractivity contribution in [2.45, 2.75) is 37.4 Å². The number of hydrogen-bond acceptors (Lipinski definition) is 11. The van der Waals surface area contributed by atoms with Crippen molar-refractivity contribution in [2.24, 2.45) is 0 Å². The molecule has 11 nitrogen and oxygen atoms in total. The molecule has 11 heteroatoms. The highest BCUT2D eigenvalue weighted by molar-refractivity contribution is 5.89. The van der Waals surface area contributed by atoms with E-state index in [1.165, 1.54) is 24.3 Å². The molecule has 1 aliphatic rings. The van der Waals surface area contributed by atoms with Crippen LogP contribution in [0.15, 0.2) is 45.6 Å². The first kappa shape index (κ1) is 23.5. The van der Waals surface area contributed by atoms with Gasteiger partial charge in [-0.1, -0.05) is 0 Å². The highest BCUT2D eigenvalue weighted by Crippen LogP contribution is 2.43. The number of rotatable bonds is 4. The lowest BCUT2D eigenvalue weighted by Crippen LogP contribution is -2.55. The second-order valence-electron chi connectivity index (χ2n) is 7.92. The van der Waals surface area contributed by atoms with Crippen LogP contribution in [0.25, 0.3) is 22.3 Å². The SMILES string of the molecule is CC(=O)OC[C@H]1O[C@@H](c2c(O)cc(O)c3c(=O)cc(-c4ccc(O)cc4)oc23)[C@H](O)[C@@H](O)[C@H]1O. The predicted molar refractivity (Wildman–Crippen MR) is 115 cm³/mol. The normalized spacial score (nSPS) is 24.8. The molecule has 5 atom stereocenters. The van der Waals surface area contributed by atoms with E-state index in [1.54, 1.807) is 0 Å². The van der Waals surface area contributed by atoms with Crippen LogP contribution in [-0.2, 0) is 14.3 Å². The van der Waals surface area contributed by atoms with Crippen LogP contribution in [0.1, 0.15) is 18.6 Å². The maximum atomic E-state index is 12.8. The molecule has 1 aromatic heterocycles. The summed E-state index contributed by atoms with van der Waals surface area (Å²) in [5.74, 6) is -1.88. The Hall–Kier alpha value is -3.64. The minimum Gasteiger partial charge on any atom is -0.508 e. The molecule has 0 bridgehead atoms.